The first-order valence-corrected chi connectivity index (χ1v) is 10.1. The fourth-order valence-electron chi connectivity index (χ4n) is 3.18. The summed E-state index contributed by atoms with van der Waals surface area (Å²) in [6, 6.07) is 9.33. The van der Waals surface area contributed by atoms with Gasteiger partial charge in [0, 0.05) is 17.5 Å². The minimum absolute atomic E-state index is 0.0825. The summed E-state index contributed by atoms with van der Waals surface area (Å²) < 4.78 is 56.0. The second kappa shape index (κ2) is 11.0. The Morgan fingerprint density at radius 1 is 0.750 bits per heavy atom. The van der Waals surface area contributed by atoms with Crippen LogP contribution in [0.15, 0.2) is 42.2 Å². The number of benzene rings is 2. The lowest BCUT2D eigenvalue weighted by Crippen LogP contribution is -2.00. The number of allylic oxidation sites excluding steroid dienone is 1. The van der Waals surface area contributed by atoms with Crippen LogP contribution in [0.5, 0.6) is 0 Å². The van der Waals surface area contributed by atoms with Crippen LogP contribution in [-0.4, -0.2) is 0 Å². The minimum Gasteiger partial charge on any atom is -0.209 e. The van der Waals surface area contributed by atoms with Crippen LogP contribution in [-0.2, 0) is 19.3 Å². The Kier molecular flexibility index (Phi) is 8.75. The topological polar surface area (TPSA) is 0 Å². The molecule has 0 amide bonds. The summed E-state index contributed by atoms with van der Waals surface area (Å²) >= 11 is 0. The van der Waals surface area contributed by atoms with E-state index in [0.717, 1.165) is 24.8 Å². The Bertz CT molecular complexity index is 768. The summed E-state index contributed by atoms with van der Waals surface area (Å²) in [5.41, 5.74) is 1.87. The number of halogens is 4. The normalized spacial score (nSPS) is 12.2. The highest BCUT2D eigenvalue weighted by atomic mass is 19.2. The van der Waals surface area contributed by atoms with Crippen LogP contribution in [0.4, 0.5) is 17.6 Å². The van der Waals surface area contributed by atoms with Gasteiger partial charge in [-0.1, -0.05) is 51.0 Å². The van der Waals surface area contributed by atoms with E-state index in [9.17, 15) is 17.6 Å². The highest BCUT2D eigenvalue weighted by molar-refractivity contribution is 5.61. The van der Waals surface area contributed by atoms with Crippen LogP contribution in [0.25, 0.3) is 5.83 Å². The number of unbranched alkanes of at least 4 members (excludes halogenated alkanes) is 2. The first kappa shape index (κ1) is 22.2. The molecule has 0 aliphatic heterocycles. The van der Waals surface area contributed by atoms with Crippen molar-refractivity contribution < 1.29 is 17.6 Å². The van der Waals surface area contributed by atoms with E-state index < -0.39 is 23.3 Å². The quantitative estimate of drug-likeness (QED) is 0.285. The Hall–Kier alpha value is -2.10. The molecule has 0 aliphatic carbocycles. The second-order valence-electron chi connectivity index (χ2n) is 7.16. The van der Waals surface area contributed by atoms with E-state index in [1.807, 2.05) is 0 Å². The third-order valence-electron chi connectivity index (χ3n) is 4.85. The van der Waals surface area contributed by atoms with E-state index in [1.54, 1.807) is 19.1 Å². The molecule has 2 rings (SSSR count). The zero-order valence-corrected chi connectivity index (χ0v) is 16.6. The predicted octanol–water partition coefficient (Wildman–Crippen LogP) is 7.89. The van der Waals surface area contributed by atoms with Crippen LogP contribution in [0.2, 0.25) is 0 Å². The van der Waals surface area contributed by atoms with E-state index in [2.05, 4.69) is 6.92 Å². The van der Waals surface area contributed by atoms with Gasteiger partial charge in [0.2, 0.25) is 0 Å². The standard InChI is InChI=1S/C24H28F4/c1-3-5-6-8-20-22(26)15-18(16-23(20)27)10-9-17-11-13-19(14-12-17)24(28)21(25)7-4-2/h11-16H,3-10H2,1-2H3/b24-21+. The van der Waals surface area contributed by atoms with E-state index in [4.69, 9.17) is 0 Å². The number of rotatable bonds is 10. The molecule has 0 saturated carbocycles. The fraction of sp³-hybridized carbons (Fsp3) is 0.417. The van der Waals surface area contributed by atoms with E-state index in [0.29, 0.717) is 31.2 Å². The van der Waals surface area contributed by atoms with E-state index in [-0.39, 0.29) is 17.5 Å². The Morgan fingerprint density at radius 2 is 1.36 bits per heavy atom. The summed E-state index contributed by atoms with van der Waals surface area (Å²) in [4.78, 5) is 0. The number of hydrogen-bond donors (Lipinski definition) is 0. The molecule has 0 nitrogen and oxygen atoms in total. The molecule has 0 heterocycles. The van der Waals surface area contributed by atoms with E-state index >= 15 is 0 Å². The Balaban J connectivity index is 2.01. The van der Waals surface area contributed by atoms with Gasteiger partial charge in [0.05, 0.1) is 0 Å². The summed E-state index contributed by atoms with van der Waals surface area (Å²) in [5.74, 6) is -2.53. The lowest BCUT2D eigenvalue weighted by atomic mass is 9.99. The summed E-state index contributed by atoms with van der Waals surface area (Å²) in [7, 11) is 0. The molecule has 0 spiro atoms. The molecule has 0 atom stereocenters. The molecular weight excluding hydrogens is 364 g/mol. The average molecular weight is 392 g/mol. The molecule has 2 aromatic rings. The molecule has 0 bridgehead atoms. The van der Waals surface area contributed by atoms with Crippen molar-refractivity contribution in [3.63, 3.8) is 0 Å². The van der Waals surface area contributed by atoms with Crippen LogP contribution < -0.4 is 0 Å². The maximum atomic E-state index is 14.2. The zero-order chi connectivity index (χ0) is 20.5. The van der Waals surface area contributed by atoms with Gasteiger partial charge in [-0.2, -0.15) is 0 Å². The molecule has 28 heavy (non-hydrogen) atoms. The number of hydrogen-bond acceptors (Lipinski definition) is 0. The zero-order valence-electron chi connectivity index (χ0n) is 16.6. The van der Waals surface area contributed by atoms with Crippen LogP contribution in [0, 0.1) is 11.6 Å². The van der Waals surface area contributed by atoms with Gasteiger partial charge in [-0.25, -0.2) is 17.6 Å². The van der Waals surface area contributed by atoms with Gasteiger partial charge in [-0.3, -0.25) is 0 Å². The molecule has 0 saturated heterocycles. The summed E-state index contributed by atoms with van der Waals surface area (Å²) in [6.07, 6.45) is 4.82. The smallest absolute Gasteiger partial charge is 0.161 e. The molecule has 0 aliphatic rings. The van der Waals surface area contributed by atoms with Crippen molar-refractivity contribution in [2.24, 2.45) is 0 Å². The minimum atomic E-state index is -0.823. The van der Waals surface area contributed by atoms with Crippen molar-refractivity contribution >= 4 is 5.83 Å². The van der Waals surface area contributed by atoms with Gasteiger partial charge in [-0.15, -0.1) is 0 Å². The monoisotopic (exact) mass is 392 g/mol. The maximum absolute atomic E-state index is 14.2. The van der Waals surface area contributed by atoms with Gasteiger partial charge in [0.15, 0.2) is 5.83 Å². The molecule has 0 fully saturated rings. The summed E-state index contributed by atoms with van der Waals surface area (Å²) in [5, 5.41) is 0. The van der Waals surface area contributed by atoms with Gasteiger partial charge >= 0.3 is 0 Å². The van der Waals surface area contributed by atoms with Crippen LogP contribution in [0.3, 0.4) is 0 Å². The fourth-order valence-corrected chi connectivity index (χ4v) is 3.18. The molecule has 0 radical (unpaired) electrons. The van der Waals surface area contributed by atoms with E-state index in [1.165, 1.54) is 24.3 Å². The van der Waals surface area contributed by atoms with Crippen LogP contribution in [0.1, 0.15) is 68.2 Å². The molecule has 0 aromatic heterocycles. The first-order chi connectivity index (χ1) is 13.5. The van der Waals surface area contributed by atoms with Crippen molar-refractivity contribution in [1.82, 2.24) is 0 Å². The van der Waals surface area contributed by atoms with Gasteiger partial charge in [0.1, 0.15) is 17.5 Å². The third kappa shape index (κ3) is 6.22. The largest absolute Gasteiger partial charge is 0.209 e. The van der Waals surface area contributed by atoms with Crippen LogP contribution >= 0.6 is 0 Å². The lowest BCUT2D eigenvalue weighted by molar-refractivity contribution is 0.542. The lowest BCUT2D eigenvalue weighted by Gasteiger charge is -2.09. The molecule has 4 heteroatoms. The van der Waals surface area contributed by atoms with Crippen molar-refractivity contribution in [3.05, 3.63) is 76.1 Å². The molecule has 0 N–H and O–H groups in total. The Morgan fingerprint density at radius 3 is 1.93 bits per heavy atom. The molecular formula is C24H28F4. The van der Waals surface area contributed by atoms with Gasteiger partial charge in [0.25, 0.3) is 0 Å². The highest BCUT2D eigenvalue weighted by Crippen LogP contribution is 2.25. The second-order valence-corrected chi connectivity index (χ2v) is 7.16. The van der Waals surface area contributed by atoms with Crippen molar-refractivity contribution in [1.29, 1.82) is 0 Å². The molecule has 0 unspecified atom stereocenters. The van der Waals surface area contributed by atoms with Crippen molar-refractivity contribution in [2.45, 2.75) is 65.2 Å². The van der Waals surface area contributed by atoms with Gasteiger partial charge in [-0.05, 0) is 55.4 Å². The van der Waals surface area contributed by atoms with Gasteiger partial charge < -0.3 is 0 Å². The SMILES string of the molecule is CCCCCc1c(F)cc(CCc2ccc(/C(F)=C(\F)CCC)cc2)cc1F. The Labute approximate surface area is 165 Å². The molecule has 152 valence electrons. The highest BCUT2D eigenvalue weighted by Gasteiger charge is 2.12. The predicted molar refractivity (Wildman–Crippen MR) is 107 cm³/mol. The maximum Gasteiger partial charge on any atom is 0.161 e. The first-order valence-electron chi connectivity index (χ1n) is 10.1. The van der Waals surface area contributed by atoms with Crippen molar-refractivity contribution in [3.8, 4) is 0 Å². The third-order valence-corrected chi connectivity index (χ3v) is 4.85. The number of aryl methyl sites for hydroxylation is 2. The summed E-state index contributed by atoms with van der Waals surface area (Å²) in [6.45, 7) is 3.84. The molecule has 2 aromatic carbocycles. The van der Waals surface area contributed by atoms with Crippen molar-refractivity contribution in [2.75, 3.05) is 0 Å². The average Bonchev–Trinajstić information content (AvgIpc) is 2.68.